The van der Waals surface area contributed by atoms with Crippen LogP contribution in [0.5, 0.6) is 5.88 Å². The number of methoxy groups -OCH3 is 1. The summed E-state index contributed by atoms with van der Waals surface area (Å²) in [5.74, 6) is 0.987. The minimum Gasteiger partial charge on any atom is -0.481 e. The van der Waals surface area contributed by atoms with E-state index in [2.05, 4.69) is 29.5 Å². The van der Waals surface area contributed by atoms with E-state index in [0.29, 0.717) is 18.3 Å². The number of carbonyl (C=O) groups excluding carboxylic acids is 1. The molecule has 1 aromatic heterocycles. The Labute approximate surface area is 108 Å². The largest absolute Gasteiger partial charge is 0.481 e. The monoisotopic (exact) mass is 251 g/mol. The van der Waals surface area contributed by atoms with Gasteiger partial charge in [-0.1, -0.05) is 13.8 Å². The van der Waals surface area contributed by atoms with Crippen LogP contribution in [0.2, 0.25) is 0 Å². The van der Waals surface area contributed by atoms with Crippen molar-refractivity contribution in [1.82, 2.24) is 10.3 Å². The molecule has 1 rings (SSSR count). The van der Waals surface area contributed by atoms with Crippen molar-refractivity contribution in [3.8, 4) is 5.88 Å². The van der Waals surface area contributed by atoms with Crippen LogP contribution in [-0.2, 0) is 4.79 Å². The standard InChI is InChI=1S/C13H21N3O2/c1-9(2)7-15-13(17)10(3)16-11-5-6-12(18-4)14-8-11/h5-6,8-10,16H,7H2,1-4H3,(H,15,17). The fourth-order valence-corrected chi connectivity index (χ4v) is 1.36. The number of anilines is 1. The summed E-state index contributed by atoms with van der Waals surface area (Å²) in [5, 5.41) is 5.96. The molecule has 0 bridgehead atoms. The third-order valence-electron chi connectivity index (χ3n) is 2.41. The highest BCUT2D eigenvalue weighted by atomic mass is 16.5. The molecular weight excluding hydrogens is 230 g/mol. The zero-order chi connectivity index (χ0) is 13.5. The molecule has 1 amide bonds. The van der Waals surface area contributed by atoms with Crippen LogP contribution in [0.3, 0.4) is 0 Å². The average molecular weight is 251 g/mol. The number of nitrogens with zero attached hydrogens (tertiary/aromatic N) is 1. The molecule has 1 unspecified atom stereocenters. The van der Waals surface area contributed by atoms with Gasteiger partial charge in [0.15, 0.2) is 0 Å². The number of ether oxygens (including phenoxy) is 1. The van der Waals surface area contributed by atoms with Gasteiger partial charge in [-0.2, -0.15) is 0 Å². The Morgan fingerprint density at radius 3 is 2.61 bits per heavy atom. The van der Waals surface area contributed by atoms with E-state index >= 15 is 0 Å². The highest BCUT2D eigenvalue weighted by Crippen LogP contribution is 2.11. The van der Waals surface area contributed by atoms with Gasteiger partial charge in [-0.15, -0.1) is 0 Å². The molecule has 0 radical (unpaired) electrons. The number of rotatable bonds is 6. The molecule has 0 aliphatic rings. The lowest BCUT2D eigenvalue weighted by molar-refractivity contribution is -0.121. The minimum absolute atomic E-state index is 0.0143. The lowest BCUT2D eigenvalue weighted by Gasteiger charge is -2.16. The number of hydrogen-bond acceptors (Lipinski definition) is 4. The SMILES string of the molecule is COc1ccc(NC(C)C(=O)NCC(C)C)cn1. The quantitative estimate of drug-likeness (QED) is 0.807. The number of carbonyl (C=O) groups is 1. The molecule has 1 heterocycles. The molecule has 0 saturated heterocycles. The van der Waals surface area contributed by atoms with E-state index in [4.69, 9.17) is 4.74 Å². The molecule has 18 heavy (non-hydrogen) atoms. The number of nitrogens with one attached hydrogen (secondary N) is 2. The van der Waals surface area contributed by atoms with E-state index < -0.39 is 0 Å². The van der Waals surface area contributed by atoms with Crippen molar-refractivity contribution in [2.24, 2.45) is 5.92 Å². The van der Waals surface area contributed by atoms with E-state index in [1.165, 1.54) is 0 Å². The van der Waals surface area contributed by atoms with Gasteiger partial charge in [0.2, 0.25) is 11.8 Å². The zero-order valence-electron chi connectivity index (χ0n) is 11.4. The van der Waals surface area contributed by atoms with Crippen LogP contribution in [0.4, 0.5) is 5.69 Å². The summed E-state index contributed by atoms with van der Waals surface area (Å²) in [4.78, 5) is 15.8. The number of aromatic nitrogens is 1. The Morgan fingerprint density at radius 2 is 2.11 bits per heavy atom. The van der Waals surface area contributed by atoms with Crippen molar-refractivity contribution in [1.29, 1.82) is 0 Å². The molecule has 0 aromatic carbocycles. The average Bonchev–Trinajstić information content (AvgIpc) is 2.36. The third-order valence-corrected chi connectivity index (χ3v) is 2.41. The molecule has 0 fully saturated rings. The maximum atomic E-state index is 11.8. The Kier molecular flexibility index (Phi) is 5.42. The maximum Gasteiger partial charge on any atom is 0.242 e. The third kappa shape index (κ3) is 4.61. The van der Waals surface area contributed by atoms with Gasteiger partial charge in [0, 0.05) is 12.6 Å². The smallest absolute Gasteiger partial charge is 0.242 e. The Bertz CT molecular complexity index is 376. The maximum absolute atomic E-state index is 11.8. The number of hydrogen-bond donors (Lipinski definition) is 2. The summed E-state index contributed by atoms with van der Waals surface area (Å²) in [5.41, 5.74) is 0.794. The first-order valence-electron chi connectivity index (χ1n) is 6.07. The van der Waals surface area contributed by atoms with Crippen LogP contribution >= 0.6 is 0 Å². The highest BCUT2D eigenvalue weighted by molar-refractivity contribution is 5.84. The molecule has 5 heteroatoms. The van der Waals surface area contributed by atoms with Gasteiger partial charge in [0.05, 0.1) is 19.0 Å². The van der Waals surface area contributed by atoms with E-state index in [1.54, 1.807) is 19.4 Å². The summed E-state index contributed by atoms with van der Waals surface area (Å²) in [6.45, 7) is 6.63. The predicted molar refractivity (Wildman–Crippen MR) is 71.7 cm³/mol. The lowest BCUT2D eigenvalue weighted by Crippen LogP contribution is -2.39. The van der Waals surface area contributed by atoms with E-state index in [9.17, 15) is 4.79 Å². The van der Waals surface area contributed by atoms with Crippen molar-refractivity contribution < 1.29 is 9.53 Å². The van der Waals surface area contributed by atoms with Crippen LogP contribution < -0.4 is 15.4 Å². The minimum atomic E-state index is -0.293. The first-order chi connectivity index (χ1) is 8.52. The second-order valence-corrected chi connectivity index (χ2v) is 4.59. The van der Waals surface area contributed by atoms with Crippen molar-refractivity contribution in [2.75, 3.05) is 19.0 Å². The van der Waals surface area contributed by atoms with E-state index in [-0.39, 0.29) is 11.9 Å². The van der Waals surface area contributed by atoms with Gasteiger partial charge in [-0.05, 0) is 18.9 Å². The summed E-state index contributed by atoms with van der Waals surface area (Å²) < 4.78 is 4.97. The topological polar surface area (TPSA) is 63.2 Å². The highest BCUT2D eigenvalue weighted by Gasteiger charge is 2.12. The summed E-state index contributed by atoms with van der Waals surface area (Å²) in [7, 11) is 1.57. The molecule has 1 aromatic rings. The summed E-state index contributed by atoms with van der Waals surface area (Å²) in [6.07, 6.45) is 1.64. The van der Waals surface area contributed by atoms with Crippen LogP contribution in [0.15, 0.2) is 18.3 Å². The Hall–Kier alpha value is -1.78. The van der Waals surface area contributed by atoms with E-state index in [0.717, 1.165) is 5.69 Å². The first kappa shape index (κ1) is 14.3. The van der Waals surface area contributed by atoms with Gasteiger partial charge in [0.1, 0.15) is 6.04 Å². The molecule has 0 saturated carbocycles. The zero-order valence-corrected chi connectivity index (χ0v) is 11.4. The molecule has 0 spiro atoms. The van der Waals surface area contributed by atoms with Gasteiger partial charge in [0.25, 0.3) is 0 Å². The summed E-state index contributed by atoms with van der Waals surface area (Å²) in [6, 6.07) is 3.29. The second-order valence-electron chi connectivity index (χ2n) is 4.59. The Balaban J connectivity index is 2.47. The normalized spacial score (nSPS) is 12.1. The van der Waals surface area contributed by atoms with Crippen LogP contribution in [0.1, 0.15) is 20.8 Å². The molecule has 5 nitrogen and oxygen atoms in total. The molecule has 1 atom stereocenters. The fraction of sp³-hybridized carbons (Fsp3) is 0.538. The van der Waals surface area contributed by atoms with Crippen molar-refractivity contribution in [2.45, 2.75) is 26.8 Å². The second kappa shape index (κ2) is 6.83. The fourth-order valence-electron chi connectivity index (χ4n) is 1.36. The predicted octanol–water partition coefficient (Wildman–Crippen LogP) is 1.66. The van der Waals surface area contributed by atoms with Crippen molar-refractivity contribution in [3.63, 3.8) is 0 Å². The van der Waals surface area contributed by atoms with Crippen molar-refractivity contribution >= 4 is 11.6 Å². The van der Waals surface area contributed by atoms with Gasteiger partial charge < -0.3 is 15.4 Å². The molecule has 2 N–H and O–H groups in total. The van der Waals surface area contributed by atoms with E-state index in [1.807, 2.05) is 13.0 Å². The first-order valence-corrected chi connectivity index (χ1v) is 6.07. The van der Waals surface area contributed by atoms with Crippen LogP contribution in [0.25, 0.3) is 0 Å². The molecular formula is C13H21N3O2. The number of amides is 1. The van der Waals surface area contributed by atoms with Gasteiger partial charge in [-0.3, -0.25) is 4.79 Å². The molecule has 100 valence electrons. The van der Waals surface area contributed by atoms with Crippen LogP contribution in [-0.4, -0.2) is 30.6 Å². The molecule has 0 aliphatic carbocycles. The Morgan fingerprint density at radius 1 is 1.39 bits per heavy atom. The van der Waals surface area contributed by atoms with Crippen LogP contribution in [0, 0.1) is 5.92 Å². The number of pyridine rings is 1. The van der Waals surface area contributed by atoms with Crippen molar-refractivity contribution in [3.05, 3.63) is 18.3 Å². The molecule has 0 aliphatic heterocycles. The van der Waals surface area contributed by atoms with Gasteiger partial charge in [-0.25, -0.2) is 4.98 Å². The lowest BCUT2D eigenvalue weighted by atomic mass is 10.2. The summed E-state index contributed by atoms with van der Waals surface area (Å²) >= 11 is 0. The van der Waals surface area contributed by atoms with Gasteiger partial charge >= 0.3 is 0 Å².